The molecule has 0 aromatic carbocycles. The molecule has 1 aromatic rings. The number of nitrogens with one attached hydrogen (secondary N) is 2. The molecule has 3 N–H and O–H groups in total. The first-order valence-corrected chi connectivity index (χ1v) is 15.7. The van der Waals surface area contributed by atoms with Crippen molar-refractivity contribution in [2.45, 2.75) is 63.8 Å². The van der Waals surface area contributed by atoms with E-state index in [4.69, 9.17) is 24.2 Å². The van der Waals surface area contributed by atoms with Crippen LogP contribution in [0.15, 0.2) is 22.2 Å². The molecule has 0 radical (unpaired) electrons. The molecule has 3 fully saturated rings. The number of thiazole rings is 1. The molecular weight excluding hydrogens is 622 g/mol. The zero-order valence-corrected chi connectivity index (χ0v) is 26.2. The minimum absolute atomic E-state index is 0.0472. The van der Waals surface area contributed by atoms with E-state index in [1.165, 1.54) is 5.38 Å². The Morgan fingerprint density at radius 3 is 2.70 bits per heavy atom. The van der Waals surface area contributed by atoms with Gasteiger partial charge in [-0.25, -0.2) is 14.6 Å². The van der Waals surface area contributed by atoms with Crippen LogP contribution < -0.4 is 10.6 Å². The van der Waals surface area contributed by atoms with E-state index in [1.54, 1.807) is 40.7 Å². The lowest BCUT2D eigenvalue weighted by Gasteiger charge is -2.56. The molecule has 0 spiro atoms. The topological polar surface area (TPSA) is 212 Å². The van der Waals surface area contributed by atoms with Crippen LogP contribution in [-0.2, 0) is 49.0 Å². The Labute approximate surface area is 258 Å². The Hall–Kier alpha value is -3.90. The molecule has 18 heteroatoms. The molecule has 0 aliphatic carbocycles. The van der Waals surface area contributed by atoms with Gasteiger partial charge in [-0.15, -0.1) is 11.3 Å². The SMILES string of the molecule is CC(C)=CCOC(=O)[C@]12OC(=O)C[C@H]1C[S@](=O)[C@@H]1[C@H](NC(=O)/C(=N\OCCO)c3csc(NC(=O)OC(C)(C)C)n3)C(=O)N12. The van der Waals surface area contributed by atoms with Gasteiger partial charge in [0, 0.05) is 21.9 Å². The number of hydrogen-bond donors (Lipinski definition) is 3. The van der Waals surface area contributed by atoms with Crippen LogP contribution in [0.4, 0.5) is 9.93 Å². The van der Waals surface area contributed by atoms with Crippen LogP contribution in [0.2, 0.25) is 0 Å². The number of β-lactam (4-membered cyclic amide) rings is 1. The van der Waals surface area contributed by atoms with Crippen LogP contribution >= 0.6 is 11.3 Å². The lowest BCUT2D eigenvalue weighted by molar-refractivity contribution is -0.219. The Bertz CT molecular complexity index is 1430. The zero-order chi connectivity index (χ0) is 32.4. The number of amides is 3. The second kappa shape index (κ2) is 13.0. The number of aromatic nitrogens is 1. The zero-order valence-electron chi connectivity index (χ0n) is 24.6. The maximum absolute atomic E-state index is 13.5. The molecule has 44 heavy (non-hydrogen) atoms. The van der Waals surface area contributed by atoms with E-state index in [-0.39, 0.29) is 36.2 Å². The minimum Gasteiger partial charge on any atom is -0.457 e. The van der Waals surface area contributed by atoms with Gasteiger partial charge >= 0.3 is 18.0 Å². The standard InChI is InChI=1S/C26H33N5O11S2/c1-13(2)6-8-39-22(36)26-14(10-16(33)41-26)12-44(38)21-18(20(35)31(21)26)28-19(34)17(30-40-9-7-32)15-11-43-23(27-15)29-24(37)42-25(3,4)5/h6,11,14,18,21,32H,7-10,12H2,1-5H3,(H,28,34)(H,27,29,37)/b30-17-/t14-,18+,21+,26+,44-/m0/s1. The van der Waals surface area contributed by atoms with E-state index in [2.05, 4.69) is 20.8 Å². The largest absolute Gasteiger partial charge is 0.457 e. The molecule has 0 saturated carbocycles. The fraction of sp³-hybridized carbons (Fsp3) is 0.577. The summed E-state index contributed by atoms with van der Waals surface area (Å²) in [4.78, 5) is 74.7. The molecule has 5 atom stereocenters. The molecule has 3 amide bonds. The second-order valence-corrected chi connectivity index (χ2v) is 13.6. The van der Waals surface area contributed by atoms with Crippen LogP contribution in [0.3, 0.4) is 0 Å². The van der Waals surface area contributed by atoms with Crippen molar-refractivity contribution < 1.29 is 52.3 Å². The molecule has 0 unspecified atom stereocenters. The van der Waals surface area contributed by atoms with E-state index in [9.17, 15) is 28.2 Å². The van der Waals surface area contributed by atoms with Gasteiger partial charge in [-0.3, -0.25) is 28.8 Å². The molecule has 3 aliphatic rings. The number of rotatable bonds is 10. The summed E-state index contributed by atoms with van der Waals surface area (Å²) >= 11 is 0.951. The average molecular weight is 656 g/mol. The maximum Gasteiger partial charge on any atom is 0.413 e. The van der Waals surface area contributed by atoms with Gasteiger partial charge in [0.1, 0.15) is 35.9 Å². The van der Waals surface area contributed by atoms with Crippen molar-refractivity contribution in [1.82, 2.24) is 15.2 Å². The average Bonchev–Trinajstić information content (AvgIpc) is 3.50. The lowest BCUT2D eigenvalue weighted by Crippen LogP contribution is -2.83. The molecular formula is C26H33N5O11S2. The van der Waals surface area contributed by atoms with Crippen LogP contribution in [-0.4, -0.2) is 103 Å². The molecule has 1 aromatic heterocycles. The Morgan fingerprint density at radius 1 is 1.32 bits per heavy atom. The van der Waals surface area contributed by atoms with Crippen LogP contribution in [0.25, 0.3) is 0 Å². The summed E-state index contributed by atoms with van der Waals surface area (Å²) in [6.07, 6.45) is 0.614. The molecule has 16 nitrogen and oxygen atoms in total. The third-order valence-corrected chi connectivity index (χ3v) is 8.98. The summed E-state index contributed by atoms with van der Waals surface area (Å²) in [6, 6.07) is -1.38. The first-order valence-electron chi connectivity index (χ1n) is 13.5. The van der Waals surface area contributed by atoms with Crippen molar-refractivity contribution in [3.63, 3.8) is 0 Å². The predicted octanol–water partition coefficient (Wildman–Crippen LogP) is 0.387. The predicted molar refractivity (Wildman–Crippen MR) is 154 cm³/mol. The highest BCUT2D eigenvalue weighted by Crippen LogP contribution is 2.48. The third-order valence-electron chi connectivity index (χ3n) is 6.46. The smallest absolute Gasteiger partial charge is 0.413 e. The Balaban J connectivity index is 1.55. The number of oxime groups is 1. The summed E-state index contributed by atoms with van der Waals surface area (Å²) in [5, 5.41) is 18.0. The number of carbonyl (C=O) groups is 5. The number of allylic oxidation sites excluding steroid dienone is 1. The number of hydrogen-bond acceptors (Lipinski definition) is 14. The summed E-state index contributed by atoms with van der Waals surface area (Å²) in [6.45, 7) is 7.83. The minimum atomic E-state index is -2.11. The van der Waals surface area contributed by atoms with Gasteiger partial charge in [-0.2, -0.15) is 0 Å². The number of aliphatic hydroxyl groups excluding tert-OH is 1. The van der Waals surface area contributed by atoms with Gasteiger partial charge in [0.15, 0.2) is 10.8 Å². The molecule has 0 bridgehead atoms. The highest BCUT2D eigenvalue weighted by atomic mass is 32.2. The van der Waals surface area contributed by atoms with Crippen LogP contribution in [0.1, 0.15) is 46.7 Å². The normalized spacial score (nSPS) is 26.0. The molecule has 4 heterocycles. The molecule has 240 valence electrons. The van der Waals surface area contributed by atoms with E-state index in [1.807, 2.05) is 0 Å². The Morgan fingerprint density at radius 2 is 2.05 bits per heavy atom. The van der Waals surface area contributed by atoms with Gasteiger partial charge < -0.3 is 29.5 Å². The van der Waals surface area contributed by atoms with E-state index in [0.717, 1.165) is 21.8 Å². The summed E-state index contributed by atoms with van der Waals surface area (Å²) < 4.78 is 29.2. The monoisotopic (exact) mass is 655 g/mol. The summed E-state index contributed by atoms with van der Waals surface area (Å²) in [5.41, 5.74) is -2.47. The highest BCUT2D eigenvalue weighted by molar-refractivity contribution is 7.85. The Kier molecular flexibility index (Phi) is 9.74. The summed E-state index contributed by atoms with van der Waals surface area (Å²) in [7, 11) is -1.79. The number of anilines is 1. The van der Waals surface area contributed by atoms with Crippen molar-refractivity contribution in [3.8, 4) is 0 Å². The van der Waals surface area contributed by atoms with E-state index in [0.29, 0.717) is 0 Å². The number of aliphatic hydroxyl groups is 1. The van der Waals surface area contributed by atoms with Crippen LogP contribution in [0, 0.1) is 5.92 Å². The second-order valence-electron chi connectivity index (χ2n) is 11.2. The fourth-order valence-corrected chi connectivity index (χ4v) is 7.26. The first kappa shape index (κ1) is 33.0. The molecule has 3 saturated heterocycles. The van der Waals surface area contributed by atoms with Gasteiger partial charge in [0.05, 0.1) is 18.9 Å². The van der Waals surface area contributed by atoms with Crippen molar-refractivity contribution in [1.29, 1.82) is 0 Å². The van der Waals surface area contributed by atoms with Crippen molar-refractivity contribution >= 4 is 62.8 Å². The number of nitrogens with zero attached hydrogens (tertiary/aromatic N) is 3. The number of carbonyl (C=O) groups excluding carboxylic acids is 5. The van der Waals surface area contributed by atoms with Crippen LogP contribution in [0.5, 0.6) is 0 Å². The van der Waals surface area contributed by atoms with Gasteiger partial charge in [-0.05, 0) is 40.7 Å². The summed E-state index contributed by atoms with van der Waals surface area (Å²) in [5.74, 6) is -4.56. The number of ether oxygens (including phenoxy) is 3. The van der Waals surface area contributed by atoms with E-state index < -0.39 is 81.6 Å². The fourth-order valence-electron chi connectivity index (χ4n) is 4.66. The van der Waals surface area contributed by atoms with Crippen molar-refractivity contribution in [2.24, 2.45) is 11.1 Å². The number of fused-ring (bicyclic) bond motifs is 3. The lowest BCUT2D eigenvalue weighted by atomic mass is 9.89. The van der Waals surface area contributed by atoms with Crippen molar-refractivity contribution in [3.05, 3.63) is 22.7 Å². The number of esters is 2. The van der Waals surface area contributed by atoms with Gasteiger partial charge in [0.2, 0.25) is 0 Å². The maximum atomic E-state index is 13.5. The molecule has 3 aliphatic heterocycles. The van der Waals surface area contributed by atoms with Gasteiger partial charge in [-0.1, -0.05) is 10.7 Å². The van der Waals surface area contributed by atoms with Gasteiger partial charge in [0.25, 0.3) is 17.5 Å². The first-order chi connectivity index (χ1) is 20.7. The third kappa shape index (κ3) is 6.76. The highest BCUT2D eigenvalue weighted by Gasteiger charge is 2.73. The quantitative estimate of drug-likeness (QED) is 0.0594. The van der Waals surface area contributed by atoms with E-state index >= 15 is 0 Å². The molecule has 4 rings (SSSR count). The van der Waals surface area contributed by atoms with Crippen molar-refractivity contribution in [2.75, 3.05) is 30.9 Å².